The second-order valence-corrected chi connectivity index (χ2v) is 4.25. The molecule has 0 radical (unpaired) electrons. The van der Waals surface area contributed by atoms with Crippen LogP contribution in [0.5, 0.6) is 0 Å². The second kappa shape index (κ2) is 5.74. The maximum absolute atomic E-state index is 8.99. The van der Waals surface area contributed by atoms with Crippen molar-refractivity contribution in [3.05, 3.63) is 28.2 Å². The van der Waals surface area contributed by atoms with E-state index in [1.807, 2.05) is 25.2 Å². The van der Waals surface area contributed by atoms with Gasteiger partial charge < -0.3 is 10.6 Å². The Labute approximate surface area is 98.6 Å². The third kappa shape index (κ3) is 3.22. The van der Waals surface area contributed by atoms with Gasteiger partial charge in [0.05, 0.1) is 11.3 Å². The van der Waals surface area contributed by atoms with Crippen molar-refractivity contribution in [1.29, 1.82) is 5.26 Å². The van der Waals surface area contributed by atoms with Crippen LogP contribution in [-0.2, 0) is 0 Å². The number of anilines is 1. The van der Waals surface area contributed by atoms with E-state index in [2.05, 4.69) is 26.9 Å². The van der Waals surface area contributed by atoms with Gasteiger partial charge in [-0.05, 0) is 31.2 Å². The Morgan fingerprint density at radius 2 is 2.27 bits per heavy atom. The van der Waals surface area contributed by atoms with Gasteiger partial charge in [-0.3, -0.25) is 0 Å². The molecule has 0 saturated heterocycles. The zero-order valence-corrected chi connectivity index (χ0v) is 10.3. The third-order valence-corrected chi connectivity index (χ3v) is 2.68. The van der Waals surface area contributed by atoms with Crippen LogP contribution in [0.25, 0.3) is 0 Å². The number of nitrogens with zero attached hydrogens (tertiary/aromatic N) is 2. The van der Waals surface area contributed by atoms with Crippen LogP contribution < -0.4 is 10.6 Å². The molecule has 0 heterocycles. The summed E-state index contributed by atoms with van der Waals surface area (Å²) < 4.78 is 0.926. The number of hydrogen-bond acceptors (Lipinski definition) is 3. The van der Waals surface area contributed by atoms with Gasteiger partial charge in [-0.2, -0.15) is 5.26 Å². The summed E-state index contributed by atoms with van der Waals surface area (Å²) in [5, 5.41) is 8.99. The molecule has 0 unspecified atom stereocenters. The van der Waals surface area contributed by atoms with E-state index in [0.29, 0.717) is 12.1 Å². The number of nitrogens with two attached hydrogens (primary N) is 1. The number of benzene rings is 1. The van der Waals surface area contributed by atoms with Crippen molar-refractivity contribution in [3.63, 3.8) is 0 Å². The highest BCUT2D eigenvalue weighted by molar-refractivity contribution is 9.10. The van der Waals surface area contributed by atoms with E-state index in [-0.39, 0.29) is 0 Å². The fourth-order valence-electron chi connectivity index (χ4n) is 1.38. The van der Waals surface area contributed by atoms with Gasteiger partial charge in [-0.25, -0.2) is 0 Å². The molecule has 3 nitrogen and oxygen atoms in total. The summed E-state index contributed by atoms with van der Waals surface area (Å²) in [7, 11) is 1.97. The van der Waals surface area contributed by atoms with Crippen LogP contribution in [0.2, 0.25) is 0 Å². The number of halogens is 1. The largest absolute Gasteiger partial charge is 0.373 e. The van der Waals surface area contributed by atoms with E-state index in [0.717, 1.165) is 23.1 Å². The van der Waals surface area contributed by atoms with E-state index in [1.54, 1.807) is 0 Å². The minimum absolute atomic E-state index is 0.669. The fourth-order valence-corrected chi connectivity index (χ4v) is 1.74. The molecular weight excluding hydrogens is 254 g/mol. The Balaban J connectivity index is 2.89. The SMILES string of the molecule is CN(CCCN)c1ccc(Br)cc1C#N. The minimum atomic E-state index is 0.669. The van der Waals surface area contributed by atoms with E-state index < -0.39 is 0 Å². The highest BCUT2D eigenvalue weighted by Gasteiger charge is 2.06. The molecule has 1 aromatic rings. The Kier molecular flexibility index (Phi) is 4.60. The summed E-state index contributed by atoms with van der Waals surface area (Å²) in [6, 6.07) is 7.90. The van der Waals surface area contributed by atoms with E-state index in [1.165, 1.54) is 0 Å². The minimum Gasteiger partial charge on any atom is -0.373 e. The summed E-state index contributed by atoms with van der Waals surface area (Å²) in [5.74, 6) is 0. The molecule has 2 N–H and O–H groups in total. The van der Waals surface area contributed by atoms with Gasteiger partial charge in [0.15, 0.2) is 0 Å². The molecule has 0 aliphatic heterocycles. The van der Waals surface area contributed by atoms with Crippen molar-refractivity contribution >= 4 is 21.6 Å². The molecule has 0 aliphatic carbocycles. The lowest BCUT2D eigenvalue weighted by atomic mass is 10.2. The van der Waals surface area contributed by atoms with Gasteiger partial charge in [0.1, 0.15) is 6.07 Å². The van der Waals surface area contributed by atoms with Crippen LogP contribution in [0, 0.1) is 11.3 Å². The maximum Gasteiger partial charge on any atom is 0.101 e. The van der Waals surface area contributed by atoms with Crippen molar-refractivity contribution < 1.29 is 0 Å². The van der Waals surface area contributed by atoms with Crippen molar-refractivity contribution in [2.24, 2.45) is 5.73 Å². The Hall–Kier alpha value is -1.05. The molecular formula is C11H14BrN3. The number of rotatable bonds is 4. The summed E-state index contributed by atoms with van der Waals surface area (Å²) >= 11 is 3.35. The average Bonchev–Trinajstić information content (AvgIpc) is 2.25. The van der Waals surface area contributed by atoms with E-state index in [4.69, 9.17) is 11.0 Å². The molecule has 0 fully saturated rings. The van der Waals surface area contributed by atoms with Gasteiger partial charge in [0.25, 0.3) is 0 Å². The van der Waals surface area contributed by atoms with Gasteiger partial charge >= 0.3 is 0 Å². The first kappa shape index (κ1) is 12.0. The molecule has 0 aromatic heterocycles. The molecule has 80 valence electrons. The van der Waals surface area contributed by atoms with Gasteiger partial charge in [-0.15, -0.1) is 0 Å². The summed E-state index contributed by atoms with van der Waals surface area (Å²) in [5.41, 5.74) is 7.09. The highest BCUT2D eigenvalue weighted by atomic mass is 79.9. The first-order chi connectivity index (χ1) is 7.19. The molecule has 0 bridgehead atoms. The van der Waals surface area contributed by atoms with Gasteiger partial charge in [0, 0.05) is 18.1 Å². The summed E-state index contributed by atoms with van der Waals surface area (Å²) in [6.07, 6.45) is 0.928. The summed E-state index contributed by atoms with van der Waals surface area (Å²) in [6.45, 7) is 1.54. The zero-order chi connectivity index (χ0) is 11.3. The lowest BCUT2D eigenvalue weighted by molar-refractivity contribution is 0.795. The Morgan fingerprint density at radius 3 is 2.87 bits per heavy atom. The quantitative estimate of drug-likeness (QED) is 0.909. The van der Waals surface area contributed by atoms with E-state index in [9.17, 15) is 0 Å². The smallest absolute Gasteiger partial charge is 0.101 e. The molecule has 0 aliphatic rings. The topological polar surface area (TPSA) is 53.0 Å². The van der Waals surface area contributed by atoms with Crippen LogP contribution in [0.4, 0.5) is 5.69 Å². The predicted molar refractivity (Wildman–Crippen MR) is 65.8 cm³/mol. The monoisotopic (exact) mass is 267 g/mol. The third-order valence-electron chi connectivity index (χ3n) is 2.19. The highest BCUT2D eigenvalue weighted by Crippen LogP contribution is 2.23. The van der Waals surface area contributed by atoms with Crippen LogP contribution in [0.3, 0.4) is 0 Å². The van der Waals surface area contributed by atoms with Gasteiger partial charge in [0.2, 0.25) is 0 Å². The Morgan fingerprint density at radius 1 is 1.53 bits per heavy atom. The molecule has 1 rings (SSSR count). The van der Waals surface area contributed by atoms with Gasteiger partial charge in [-0.1, -0.05) is 15.9 Å². The molecule has 15 heavy (non-hydrogen) atoms. The molecule has 0 spiro atoms. The van der Waals surface area contributed by atoms with Crippen LogP contribution in [0.15, 0.2) is 22.7 Å². The molecule has 0 amide bonds. The lowest BCUT2D eigenvalue weighted by Crippen LogP contribution is -2.21. The van der Waals surface area contributed by atoms with Crippen LogP contribution in [0.1, 0.15) is 12.0 Å². The fraction of sp³-hybridized carbons (Fsp3) is 0.364. The first-order valence-corrected chi connectivity index (χ1v) is 5.59. The van der Waals surface area contributed by atoms with Crippen molar-refractivity contribution in [3.8, 4) is 6.07 Å². The molecule has 1 aromatic carbocycles. The zero-order valence-electron chi connectivity index (χ0n) is 8.70. The molecule has 4 heteroatoms. The van der Waals surface area contributed by atoms with Crippen LogP contribution >= 0.6 is 15.9 Å². The standard InChI is InChI=1S/C11H14BrN3/c1-15(6-2-5-13)11-4-3-10(12)7-9(11)8-14/h3-4,7H,2,5-6,13H2,1H3. The number of hydrogen-bond donors (Lipinski definition) is 1. The molecule has 0 atom stereocenters. The number of nitriles is 1. The van der Waals surface area contributed by atoms with Crippen molar-refractivity contribution in [2.75, 3.05) is 25.0 Å². The lowest BCUT2D eigenvalue weighted by Gasteiger charge is -2.20. The van der Waals surface area contributed by atoms with Crippen molar-refractivity contribution in [1.82, 2.24) is 0 Å². The van der Waals surface area contributed by atoms with Crippen molar-refractivity contribution in [2.45, 2.75) is 6.42 Å². The summed E-state index contributed by atoms with van der Waals surface area (Å²) in [4.78, 5) is 2.05. The predicted octanol–water partition coefficient (Wildman–Crippen LogP) is 2.11. The first-order valence-electron chi connectivity index (χ1n) is 4.80. The Bertz CT molecular complexity index is 371. The maximum atomic E-state index is 8.99. The normalized spacial score (nSPS) is 9.73. The van der Waals surface area contributed by atoms with Crippen LogP contribution in [-0.4, -0.2) is 20.1 Å². The van der Waals surface area contributed by atoms with E-state index >= 15 is 0 Å². The average molecular weight is 268 g/mol. The second-order valence-electron chi connectivity index (χ2n) is 3.34. The molecule has 0 saturated carbocycles.